The summed E-state index contributed by atoms with van der Waals surface area (Å²) < 4.78 is 1.27. The number of hydrogen-bond acceptors (Lipinski definition) is 6. The van der Waals surface area contributed by atoms with E-state index in [1.54, 1.807) is 24.3 Å². The van der Waals surface area contributed by atoms with Crippen LogP contribution in [0.1, 0.15) is 5.69 Å². The summed E-state index contributed by atoms with van der Waals surface area (Å²) in [5.74, 6) is 0.779. The standard InChI is InChI=1S/C16H18ClN5O3/c17-12-3-1-11(2-4-12)15-19-16-18-13(9-14(25)22(16)20-15)10-21(5-7-23)6-8-24/h1-4,9,23-24H,5-8,10H2,(H,18,19,20). The summed E-state index contributed by atoms with van der Waals surface area (Å²) >= 11 is 5.89. The summed E-state index contributed by atoms with van der Waals surface area (Å²) in [6.07, 6.45) is 0. The summed E-state index contributed by atoms with van der Waals surface area (Å²) in [5.41, 5.74) is 1.04. The molecule has 0 aliphatic carbocycles. The van der Waals surface area contributed by atoms with Gasteiger partial charge in [0.1, 0.15) is 0 Å². The number of H-pyrrole nitrogens is 1. The Bertz CT molecular complexity index is 900. The normalized spacial score (nSPS) is 11.5. The molecular weight excluding hydrogens is 346 g/mol. The molecule has 0 spiro atoms. The number of nitrogens with one attached hydrogen (secondary N) is 1. The summed E-state index contributed by atoms with van der Waals surface area (Å²) in [4.78, 5) is 22.9. The first-order chi connectivity index (χ1) is 12.1. The van der Waals surface area contributed by atoms with Crippen LogP contribution >= 0.6 is 11.6 Å². The molecule has 25 heavy (non-hydrogen) atoms. The lowest BCUT2D eigenvalue weighted by atomic mass is 10.2. The van der Waals surface area contributed by atoms with Gasteiger partial charge in [-0.3, -0.25) is 14.8 Å². The van der Waals surface area contributed by atoms with Gasteiger partial charge >= 0.3 is 0 Å². The van der Waals surface area contributed by atoms with Crippen LogP contribution in [0.2, 0.25) is 5.02 Å². The van der Waals surface area contributed by atoms with Gasteiger partial charge in [-0.15, -0.1) is 0 Å². The van der Waals surface area contributed by atoms with Gasteiger partial charge in [-0.05, 0) is 24.3 Å². The minimum atomic E-state index is -0.277. The smallest absolute Gasteiger partial charge is 0.274 e. The van der Waals surface area contributed by atoms with Crippen LogP contribution in [-0.4, -0.2) is 61.0 Å². The first kappa shape index (κ1) is 17.6. The van der Waals surface area contributed by atoms with Gasteiger partial charge in [0, 0.05) is 36.3 Å². The van der Waals surface area contributed by atoms with Crippen molar-refractivity contribution in [2.75, 3.05) is 26.3 Å². The van der Waals surface area contributed by atoms with Crippen LogP contribution in [0.25, 0.3) is 17.2 Å². The highest BCUT2D eigenvalue weighted by Crippen LogP contribution is 2.18. The van der Waals surface area contributed by atoms with Crippen molar-refractivity contribution in [1.29, 1.82) is 0 Å². The van der Waals surface area contributed by atoms with Gasteiger partial charge in [-0.2, -0.15) is 9.50 Å². The topological polar surface area (TPSA) is 107 Å². The van der Waals surface area contributed by atoms with Crippen LogP contribution in [0.15, 0.2) is 35.1 Å². The van der Waals surface area contributed by atoms with Crippen LogP contribution in [0.4, 0.5) is 0 Å². The summed E-state index contributed by atoms with van der Waals surface area (Å²) in [7, 11) is 0. The van der Waals surface area contributed by atoms with E-state index in [1.165, 1.54) is 10.6 Å². The lowest BCUT2D eigenvalue weighted by Crippen LogP contribution is -2.30. The highest BCUT2D eigenvalue weighted by molar-refractivity contribution is 6.30. The van der Waals surface area contributed by atoms with Crippen molar-refractivity contribution in [1.82, 2.24) is 24.5 Å². The molecule has 2 heterocycles. The Balaban J connectivity index is 1.93. The van der Waals surface area contributed by atoms with Gasteiger partial charge in [0.2, 0.25) is 0 Å². The number of nitrogens with zero attached hydrogens (tertiary/aromatic N) is 4. The van der Waals surface area contributed by atoms with E-state index in [-0.39, 0.29) is 24.6 Å². The van der Waals surface area contributed by atoms with Crippen LogP contribution in [-0.2, 0) is 6.54 Å². The third-order valence-electron chi connectivity index (χ3n) is 3.72. The molecule has 9 heteroatoms. The number of hydrogen-bond donors (Lipinski definition) is 3. The number of benzene rings is 1. The monoisotopic (exact) mass is 363 g/mol. The van der Waals surface area contributed by atoms with E-state index in [2.05, 4.69) is 15.1 Å². The maximum atomic E-state index is 12.3. The van der Waals surface area contributed by atoms with Gasteiger partial charge in [-0.25, -0.2) is 4.98 Å². The van der Waals surface area contributed by atoms with Gasteiger partial charge in [-0.1, -0.05) is 11.6 Å². The molecule has 0 saturated heterocycles. The van der Waals surface area contributed by atoms with Crippen molar-refractivity contribution in [3.8, 4) is 11.4 Å². The number of aliphatic hydroxyl groups excluding tert-OH is 2. The van der Waals surface area contributed by atoms with Gasteiger partial charge in [0.25, 0.3) is 11.3 Å². The molecule has 3 rings (SSSR count). The third kappa shape index (κ3) is 4.05. The Kier molecular flexibility index (Phi) is 5.44. The van der Waals surface area contributed by atoms with Crippen molar-refractivity contribution in [3.05, 3.63) is 51.4 Å². The van der Waals surface area contributed by atoms with Crippen molar-refractivity contribution >= 4 is 17.4 Å². The summed E-state index contributed by atoms with van der Waals surface area (Å²) in [6.45, 7) is 1.04. The predicted octanol–water partition coefficient (Wildman–Crippen LogP) is 0.525. The molecule has 0 unspecified atom stereocenters. The Morgan fingerprint density at radius 2 is 1.80 bits per heavy atom. The van der Waals surface area contributed by atoms with Gasteiger partial charge in [0.05, 0.1) is 18.9 Å². The lowest BCUT2D eigenvalue weighted by Gasteiger charge is -2.19. The Labute approximate surface area is 148 Å². The number of rotatable bonds is 7. The second-order valence-electron chi connectivity index (χ2n) is 5.52. The van der Waals surface area contributed by atoms with Crippen molar-refractivity contribution in [3.63, 3.8) is 0 Å². The molecule has 2 aromatic heterocycles. The number of aliphatic hydroxyl groups is 2. The van der Waals surface area contributed by atoms with Crippen LogP contribution in [0.3, 0.4) is 0 Å². The Morgan fingerprint density at radius 1 is 1.12 bits per heavy atom. The molecule has 3 N–H and O–H groups in total. The minimum Gasteiger partial charge on any atom is -0.395 e. The fourth-order valence-electron chi connectivity index (χ4n) is 2.53. The first-order valence-corrected chi connectivity index (χ1v) is 8.17. The van der Waals surface area contributed by atoms with Gasteiger partial charge in [0.15, 0.2) is 5.82 Å². The number of fused-ring (bicyclic) bond motifs is 1. The fourth-order valence-corrected chi connectivity index (χ4v) is 2.65. The maximum Gasteiger partial charge on any atom is 0.274 e. The van der Waals surface area contributed by atoms with Crippen molar-refractivity contribution < 1.29 is 10.2 Å². The molecule has 0 bridgehead atoms. The van der Waals surface area contributed by atoms with E-state index in [0.29, 0.717) is 36.2 Å². The molecular formula is C16H18ClN5O3. The predicted molar refractivity (Wildman–Crippen MR) is 93.5 cm³/mol. The molecule has 0 fully saturated rings. The zero-order valence-corrected chi connectivity index (χ0v) is 14.1. The largest absolute Gasteiger partial charge is 0.395 e. The second-order valence-corrected chi connectivity index (χ2v) is 5.96. The van der Waals surface area contributed by atoms with E-state index in [0.717, 1.165) is 5.56 Å². The highest BCUT2D eigenvalue weighted by Gasteiger charge is 2.12. The van der Waals surface area contributed by atoms with E-state index in [1.807, 2.05) is 4.90 Å². The quantitative estimate of drug-likeness (QED) is 0.565. The molecule has 3 aromatic rings. The van der Waals surface area contributed by atoms with E-state index in [9.17, 15) is 4.79 Å². The fraction of sp³-hybridized carbons (Fsp3) is 0.312. The van der Waals surface area contributed by atoms with Crippen LogP contribution in [0, 0.1) is 0 Å². The molecule has 0 amide bonds. The molecule has 132 valence electrons. The number of aromatic nitrogens is 4. The zero-order chi connectivity index (χ0) is 17.8. The molecule has 0 aliphatic rings. The molecule has 0 saturated carbocycles. The van der Waals surface area contributed by atoms with Crippen LogP contribution < -0.4 is 5.56 Å². The SMILES string of the molecule is O=c1cc(CN(CCO)CCO)nc2nc(-c3ccc(Cl)cc3)[nH]n12. The second kappa shape index (κ2) is 7.75. The van der Waals surface area contributed by atoms with Crippen LogP contribution in [0.5, 0.6) is 0 Å². The van der Waals surface area contributed by atoms with E-state index in [4.69, 9.17) is 21.8 Å². The summed E-state index contributed by atoms with van der Waals surface area (Å²) in [5, 5.41) is 21.7. The first-order valence-electron chi connectivity index (χ1n) is 7.79. The number of halogens is 1. The highest BCUT2D eigenvalue weighted by atomic mass is 35.5. The lowest BCUT2D eigenvalue weighted by molar-refractivity contribution is 0.154. The average Bonchev–Trinajstić information content (AvgIpc) is 3.00. The average molecular weight is 364 g/mol. The van der Waals surface area contributed by atoms with E-state index >= 15 is 0 Å². The Morgan fingerprint density at radius 3 is 2.44 bits per heavy atom. The molecule has 1 aromatic carbocycles. The van der Waals surface area contributed by atoms with Crippen molar-refractivity contribution in [2.45, 2.75) is 6.54 Å². The van der Waals surface area contributed by atoms with Crippen molar-refractivity contribution in [2.24, 2.45) is 0 Å². The zero-order valence-electron chi connectivity index (χ0n) is 13.4. The maximum absolute atomic E-state index is 12.3. The molecule has 8 nitrogen and oxygen atoms in total. The molecule has 0 aliphatic heterocycles. The number of aromatic amines is 1. The van der Waals surface area contributed by atoms with Gasteiger partial charge < -0.3 is 10.2 Å². The van der Waals surface area contributed by atoms with E-state index < -0.39 is 0 Å². The third-order valence-corrected chi connectivity index (χ3v) is 3.97. The molecule has 0 radical (unpaired) electrons. The molecule has 0 atom stereocenters. The minimum absolute atomic E-state index is 0.0374. The Hall–Kier alpha value is -2.26. The summed E-state index contributed by atoms with van der Waals surface area (Å²) in [6, 6.07) is 8.51.